The molecule has 1 aromatic carbocycles. The lowest BCUT2D eigenvalue weighted by Crippen LogP contribution is -2.43. The van der Waals surface area contributed by atoms with E-state index in [1.807, 2.05) is 41.4 Å². The van der Waals surface area contributed by atoms with Gasteiger partial charge in [0.2, 0.25) is 0 Å². The van der Waals surface area contributed by atoms with Gasteiger partial charge in [0.1, 0.15) is 18.2 Å². The maximum absolute atomic E-state index is 12.7. The Hall–Kier alpha value is -3.66. The van der Waals surface area contributed by atoms with E-state index in [1.54, 1.807) is 10.7 Å². The van der Waals surface area contributed by atoms with Crippen LogP contribution in [0.15, 0.2) is 55.0 Å². The minimum Gasteiger partial charge on any atom is -0.445 e. The minimum atomic E-state index is -0.254. The highest BCUT2D eigenvalue weighted by molar-refractivity contribution is 5.75. The van der Waals surface area contributed by atoms with Gasteiger partial charge in [-0.25, -0.2) is 14.3 Å². The molecule has 0 spiro atoms. The number of hydrogen-bond acceptors (Lipinski definition) is 5. The second-order valence-electron chi connectivity index (χ2n) is 7.42. The lowest BCUT2D eigenvalue weighted by Gasteiger charge is -2.33. The smallest absolute Gasteiger partial charge is 0.410 e. The van der Waals surface area contributed by atoms with Gasteiger partial charge in [0.15, 0.2) is 5.65 Å². The molecule has 0 radical (unpaired) electrons. The second-order valence-corrected chi connectivity index (χ2v) is 7.42. The molecular weight excluding hydrogens is 366 g/mol. The Morgan fingerprint density at radius 1 is 1.24 bits per heavy atom. The number of ether oxygens (including phenoxy) is 1. The summed E-state index contributed by atoms with van der Waals surface area (Å²) in [5.74, 6) is 0. The number of aromatic nitrogens is 3. The largest absolute Gasteiger partial charge is 0.445 e. The van der Waals surface area contributed by atoms with Crippen LogP contribution in [0.3, 0.4) is 0 Å². The summed E-state index contributed by atoms with van der Waals surface area (Å²) in [6, 6.07) is 12.0. The van der Waals surface area contributed by atoms with Crippen LogP contribution in [0.2, 0.25) is 0 Å². The van der Waals surface area contributed by atoms with Crippen molar-refractivity contribution in [2.75, 3.05) is 0 Å². The first-order chi connectivity index (χ1) is 14.2. The summed E-state index contributed by atoms with van der Waals surface area (Å²) >= 11 is 0. The minimum absolute atomic E-state index is 0.0370. The molecular formula is C22H19N5O2. The van der Waals surface area contributed by atoms with E-state index < -0.39 is 0 Å². The molecule has 0 saturated carbocycles. The van der Waals surface area contributed by atoms with Gasteiger partial charge in [-0.2, -0.15) is 10.4 Å². The van der Waals surface area contributed by atoms with Crippen LogP contribution in [0.25, 0.3) is 11.2 Å². The number of benzene rings is 1. The predicted molar refractivity (Wildman–Crippen MR) is 106 cm³/mol. The number of rotatable bonds is 3. The summed E-state index contributed by atoms with van der Waals surface area (Å²) in [6.07, 6.45) is 9.75. The van der Waals surface area contributed by atoms with Crippen molar-refractivity contribution in [3.05, 3.63) is 71.7 Å². The number of carbonyl (C=O) groups excluding carboxylic acids is 1. The van der Waals surface area contributed by atoms with Crippen molar-refractivity contribution in [3.63, 3.8) is 0 Å². The molecule has 1 saturated heterocycles. The molecule has 2 aliphatic rings. The molecule has 1 fully saturated rings. The number of amides is 1. The van der Waals surface area contributed by atoms with Crippen LogP contribution in [-0.4, -0.2) is 37.7 Å². The third kappa shape index (κ3) is 3.13. The second kappa shape index (κ2) is 7.06. The van der Waals surface area contributed by atoms with Crippen LogP contribution in [0, 0.1) is 11.3 Å². The van der Waals surface area contributed by atoms with E-state index in [0.717, 1.165) is 36.0 Å². The summed E-state index contributed by atoms with van der Waals surface area (Å²) < 4.78 is 7.20. The molecule has 0 aliphatic carbocycles. The SMILES string of the molecule is N#Cc1cnn2cc(C3=CC4CCC(C3)N4C(=O)OCc3ccccc3)cnc12. The van der Waals surface area contributed by atoms with Crippen LogP contribution < -0.4 is 0 Å². The summed E-state index contributed by atoms with van der Waals surface area (Å²) in [4.78, 5) is 19.0. The van der Waals surface area contributed by atoms with Gasteiger partial charge in [-0.3, -0.25) is 4.90 Å². The van der Waals surface area contributed by atoms with E-state index in [1.165, 1.54) is 6.20 Å². The Bertz CT molecular complexity index is 1140. The van der Waals surface area contributed by atoms with Crippen LogP contribution in [0.4, 0.5) is 4.79 Å². The topological polar surface area (TPSA) is 83.5 Å². The number of hydrogen-bond donors (Lipinski definition) is 0. The Kier molecular flexibility index (Phi) is 4.24. The van der Waals surface area contributed by atoms with Gasteiger partial charge in [0.25, 0.3) is 0 Å². The Labute approximate surface area is 167 Å². The molecule has 2 aromatic heterocycles. The highest BCUT2D eigenvalue weighted by Gasteiger charge is 2.40. The van der Waals surface area contributed by atoms with Crippen molar-refractivity contribution in [2.24, 2.45) is 0 Å². The van der Waals surface area contributed by atoms with E-state index in [4.69, 9.17) is 10.00 Å². The summed E-state index contributed by atoms with van der Waals surface area (Å²) in [6.45, 7) is 0.285. The first-order valence-corrected chi connectivity index (χ1v) is 9.66. The van der Waals surface area contributed by atoms with Crippen molar-refractivity contribution in [2.45, 2.75) is 38.0 Å². The van der Waals surface area contributed by atoms with Crippen molar-refractivity contribution >= 4 is 17.3 Å². The summed E-state index contributed by atoms with van der Waals surface area (Å²) in [5.41, 5.74) is 4.13. The normalized spacial score (nSPS) is 20.4. The van der Waals surface area contributed by atoms with E-state index in [0.29, 0.717) is 11.2 Å². The molecule has 5 rings (SSSR count). The standard InChI is InChI=1S/C22H19N5O2/c23-10-17-12-25-26-13-18(11-24-21(17)26)16-8-19-6-7-20(9-16)27(19)22(28)29-14-15-4-2-1-3-5-15/h1-5,8,11-13,19-20H,6-7,9,14H2. The van der Waals surface area contributed by atoms with Gasteiger partial charge < -0.3 is 4.74 Å². The predicted octanol–water partition coefficient (Wildman–Crippen LogP) is 3.56. The van der Waals surface area contributed by atoms with Crippen LogP contribution in [0.5, 0.6) is 0 Å². The first kappa shape index (κ1) is 17.4. The quantitative estimate of drug-likeness (QED) is 0.688. The molecule has 2 bridgehead atoms. The molecule has 2 atom stereocenters. The van der Waals surface area contributed by atoms with Crippen molar-refractivity contribution in [1.29, 1.82) is 5.26 Å². The zero-order valence-corrected chi connectivity index (χ0v) is 15.7. The third-order valence-electron chi connectivity index (χ3n) is 5.66. The molecule has 1 amide bonds. The van der Waals surface area contributed by atoms with Gasteiger partial charge in [-0.15, -0.1) is 0 Å². The number of carbonyl (C=O) groups is 1. The molecule has 4 heterocycles. The highest BCUT2D eigenvalue weighted by Crippen LogP contribution is 2.38. The summed E-state index contributed by atoms with van der Waals surface area (Å²) in [7, 11) is 0. The molecule has 29 heavy (non-hydrogen) atoms. The average molecular weight is 385 g/mol. The fourth-order valence-corrected chi connectivity index (χ4v) is 4.24. The Morgan fingerprint density at radius 2 is 2.10 bits per heavy atom. The Balaban J connectivity index is 1.34. The lowest BCUT2D eigenvalue weighted by atomic mass is 9.97. The fourth-order valence-electron chi connectivity index (χ4n) is 4.24. The molecule has 7 heteroatoms. The monoisotopic (exact) mass is 385 g/mol. The van der Waals surface area contributed by atoms with Gasteiger partial charge in [-0.1, -0.05) is 36.4 Å². The molecule has 3 aromatic rings. The van der Waals surface area contributed by atoms with Crippen molar-refractivity contribution in [3.8, 4) is 6.07 Å². The van der Waals surface area contributed by atoms with Crippen LogP contribution in [-0.2, 0) is 11.3 Å². The van der Waals surface area contributed by atoms with E-state index in [9.17, 15) is 4.79 Å². The van der Waals surface area contributed by atoms with Crippen LogP contribution >= 0.6 is 0 Å². The van der Waals surface area contributed by atoms with E-state index in [2.05, 4.69) is 22.2 Å². The van der Waals surface area contributed by atoms with Crippen molar-refractivity contribution in [1.82, 2.24) is 19.5 Å². The Morgan fingerprint density at radius 3 is 2.90 bits per heavy atom. The summed E-state index contributed by atoms with van der Waals surface area (Å²) in [5, 5.41) is 13.3. The molecule has 2 unspecified atom stereocenters. The third-order valence-corrected chi connectivity index (χ3v) is 5.66. The molecule has 2 aliphatic heterocycles. The zero-order chi connectivity index (χ0) is 19.8. The fraction of sp³-hybridized carbons (Fsp3) is 0.273. The zero-order valence-electron chi connectivity index (χ0n) is 15.7. The van der Waals surface area contributed by atoms with Gasteiger partial charge in [0.05, 0.1) is 12.2 Å². The average Bonchev–Trinajstić information content (AvgIpc) is 3.29. The number of nitriles is 1. The van der Waals surface area contributed by atoms with Crippen molar-refractivity contribution < 1.29 is 9.53 Å². The number of nitrogens with zero attached hydrogens (tertiary/aromatic N) is 5. The molecule has 0 N–H and O–H groups in total. The first-order valence-electron chi connectivity index (χ1n) is 9.66. The molecule has 7 nitrogen and oxygen atoms in total. The number of fused-ring (bicyclic) bond motifs is 3. The van der Waals surface area contributed by atoms with Gasteiger partial charge >= 0.3 is 6.09 Å². The maximum atomic E-state index is 12.7. The van der Waals surface area contributed by atoms with Gasteiger partial charge in [-0.05, 0) is 30.4 Å². The highest BCUT2D eigenvalue weighted by atomic mass is 16.6. The maximum Gasteiger partial charge on any atom is 0.410 e. The van der Waals surface area contributed by atoms with Gasteiger partial charge in [0, 0.05) is 24.0 Å². The molecule has 144 valence electrons. The lowest BCUT2D eigenvalue weighted by molar-refractivity contribution is 0.0832. The van der Waals surface area contributed by atoms with Crippen LogP contribution in [0.1, 0.15) is 36.0 Å². The van der Waals surface area contributed by atoms with E-state index in [-0.39, 0.29) is 24.8 Å². The van der Waals surface area contributed by atoms with E-state index >= 15 is 0 Å².